The van der Waals surface area contributed by atoms with E-state index in [1.807, 2.05) is 36.4 Å². The van der Waals surface area contributed by atoms with Gasteiger partial charge in [-0.05, 0) is 30.2 Å². The fourth-order valence-corrected chi connectivity index (χ4v) is 2.78. The average Bonchev–Trinajstić information content (AvgIpc) is 2.75. The Kier molecular flexibility index (Phi) is 8.33. The van der Waals surface area contributed by atoms with Crippen LogP contribution in [0.5, 0.6) is 17.2 Å². The molecule has 0 aliphatic carbocycles. The van der Waals surface area contributed by atoms with E-state index < -0.39 is 5.97 Å². The number of hydrogen-bond donors (Lipinski definition) is 0. The molecule has 0 aliphatic heterocycles. The molecule has 0 fully saturated rings. The zero-order chi connectivity index (χ0) is 21.2. The zero-order valence-corrected chi connectivity index (χ0v) is 17.3. The number of amides is 1. The van der Waals surface area contributed by atoms with Gasteiger partial charge in [0.05, 0.1) is 21.3 Å². The minimum Gasteiger partial charge on any atom is -0.496 e. The molecule has 0 atom stereocenters. The molecule has 0 aromatic heterocycles. The molecular formula is C22H27NO6. The molecule has 29 heavy (non-hydrogen) atoms. The van der Waals surface area contributed by atoms with Gasteiger partial charge >= 0.3 is 5.97 Å². The van der Waals surface area contributed by atoms with Gasteiger partial charge in [0.15, 0.2) is 18.1 Å². The van der Waals surface area contributed by atoms with Gasteiger partial charge in [0.1, 0.15) is 5.75 Å². The highest BCUT2D eigenvalue weighted by Gasteiger charge is 2.14. The molecule has 0 heterocycles. The number of hydrogen-bond acceptors (Lipinski definition) is 6. The summed E-state index contributed by atoms with van der Waals surface area (Å²) in [7, 11) is 6.37. The lowest BCUT2D eigenvalue weighted by molar-refractivity contribution is -0.151. The number of carbonyl (C=O) groups excluding carboxylic acids is 2. The van der Waals surface area contributed by atoms with E-state index >= 15 is 0 Å². The number of esters is 1. The molecule has 7 heteroatoms. The highest BCUT2D eigenvalue weighted by molar-refractivity contribution is 5.80. The summed E-state index contributed by atoms with van der Waals surface area (Å²) in [6, 6.07) is 12.9. The van der Waals surface area contributed by atoms with Crippen molar-refractivity contribution >= 4 is 11.9 Å². The highest BCUT2D eigenvalue weighted by Crippen LogP contribution is 2.28. The van der Waals surface area contributed by atoms with Crippen LogP contribution in [0.2, 0.25) is 0 Å². The molecule has 1 amide bonds. The number of nitrogens with zero attached hydrogens (tertiary/aromatic N) is 1. The second kappa shape index (κ2) is 10.9. The van der Waals surface area contributed by atoms with E-state index in [0.29, 0.717) is 30.2 Å². The molecule has 7 nitrogen and oxygen atoms in total. The Labute approximate surface area is 171 Å². The van der Waals surface area contributed by atoms with Crippen LogP contribution in [0, 0.1) is 0 Å². The summed E-state index contributed by atoms with van der Waals surface area (Å²) >= 11 is 0. The summed E-state index contributed by atoms with van der Waals surface area (Å²) in [5.74, 6) is 1.22. The van der Waals surface area contributed by atoms with Crippen molar-refractivity contribution < 1.29 is 28.5 Å². The molecule has 0 unspecified atom stereocenters. The number of aryl methyl sites for hydroxylation is 1. The lowest BCUT2D eigenvalue weighted by Crippen LogP contribution is -2.31. The maximum absolute atomic E-state index is 12.3. The lowest BCUT2D eigenvalue weighted by Gasteiger charge is -2.18. The maximum Gasteiger partial charge on any atom is 0.306 e. The van der Waals surface area contributed by atoms with Crippen molar-refractivity contribution in [2.45, 2.75) is 19.4 Å². The number of ether oxygens (including phenoxy) is 4. The van der Waals surface area contributed by atoms with Gasteiger partial charge in [-0.25, -0.2) is 0 Å². The molecule has 2 aromatic rings. The first-order chi connectivity index (χ1) is 14.0. The van der Waals surface area contributed by atoms with Crippen molar-refractivity contribution in [1.29, 1.82) is 0 Å². The largest absolute Gasteiger partial charge is 0.496 e. The van der Waals surface area contributed by atoms with Crippen molar-refractivity contribution in [2.75, 3.05) is 35.0 Å². The summed E-state index contributed by atoms with van der Waals surface area (Å²) in [6.45, 7) is 0.0719. The molecule has 156 valence electrons. The number of carbonyl (C=O) groups is 2. The Morgan fingerprint density at radius 2 is 1.59 bits per heavy atom. The van der Waals surface area contributed by atoms with Crippen LogP contribution >= 0.6 is 0 Å². The first-order valence-electron chi connectivity index (χ1n) is 9.20. The van der Waals surface area contributed by atoms with E-state index in [1.54, 1.807) is 34.4 Å². The van der Waals surface area contributed by atoms with E-state index in [-0.39, 0.29) is 18.9 Å². The van der Waals surface area contributed by atoms with Gasteiger partial charge in [-0.3, -0.25) is 9.59 Å². The Morgan fingerprint density at radius 1 is 0.897 bits per heavy atom. The van der Waals surface area contributed by atoms with E-state index in [4.69, 9.17) is 18.9 Å². The number of likely N-dealkylation sites (N-methyl/N-ethyl adjacent to an activating group) is 1. The van der Waals surface area contributed by atoms with Crippen molar-refractivity contribution in [3.8, 4) is 17.2 Å². The quantitative estimate of drug-likeness (QED) is 0.570. The van der Waals surface area contributed by atoms with Crippen LogP contribution in [0.1, 0.15) is 17.5 Å². The van der Waals surface area contributed by atoms with Crippen molar-refractivity contribution in [3.63, 3.8) is 0 Å². The SMILES string of the molecule is COc1ccccc1CN(C)C(=O)COC(=O)CCc1ccc(OC)c(OC)c1. The van der Waals surface area contributed by atoms with Crippen LogP contribution < -0.4 is 14.2 Å². The van der Waals surface area contributed by atoms with Crippen LogP contribution in [0.15, 0.2) is 42.5 Å². The van der Waals surface area contributed by atoms with Crippen LogP contribution in [0.4, 0.5) is 0 Å². The third kappa shape index (κ3) is 6.41. The van der Waals surface area contributed by atoms with Gasteiger partial charge in [0.2, 0.25) is 0 Å². The zero-order valence-electron chi connectivity index (χ0n) is 17.3. The monoisotopic (exact) mass is 401 g/mol. The Bertz CT molecular complexity index is 836. The van der Waals surface area contributed by atoms with Gasteiger partial charge in [0, 0.05) is 25.6 Å². The van der Waals surface area contributed by atoms with Gasteiger partial charge in [-0.2, -0.15) is 0 Å². The first kappa shape index (κ1) is 22.1. The predicted octanol–water partition coefficient (Wildman–Crippen LogP) is 2.85. The fourth-order valence-electron chi connectivity index (χ4n) is 2.78. The van der Waals surface area contributed by atoms with E-state index in [2.05, 4.69) is 0 Å². The molecule has 0 spiro atoms. The summed E-state index contributed by atoms with van der Waals surface area (Å²) in [4.78, 5) is 25.8. The van der Waals surface area contributed by atoms with Crippen molar-refractivity contribution in [1.82, 2.24) is 4.90 Å². The summed E-state index contributed by atoms with van der Waals surface area (Å²) in [5.41, 5.74) is 1.80. The number of benzene rings is 2. The fraction of sp³-hybridized carbons (Fsp3) is 0.364. The van der Waals surface area contributed by atoms with Crippen LogP contribution in [0.25, 0.3) is 0 Å². The van der Waals surface area contributed by atoms with E-state index in [9.17, 15) is 9.59 Å². The van der Waals surface area contributed by atoms with E-state index in [1.165, 1.54) is 4.90 Å². The number of para-hydroxylation sites is 1. The maximum atomic E-state index is 12.3. The average molecular weight is 401 g/mol. The normalized spacial score (nSPS) is 10.2. The third-order valence-electron chi connectivity index (χ3n) is 4.45. The second-order valence-corrected chi connectivity index (χ2v) is 6.41. The molecule has 0 aliphatic rings. The second-order valence-electron chi connectivity index (χ2n) is 6.41. The summed E-state index contributed by atoms with van der Waals surface area (Å²) < 4.78 is 20.9. The Morgan fingerprint density at radius 3 is 2.28 bits per heavy atom. The molecular weight excluding hydrogens is 374 g/mol. The Balaban J connectivity index is 1.80. The molecule has 0 bridgehead atoms. The minimum absolute atomic E-state index is 0.166. The molecule has 0 N–H and O–H groups in total. The highest BCUT2D eigenvalue weighted by atomic mass is 16.5. The van der Waals surface area contributed by atoms with Crippen molar-refractivity contribution in [2.24, 2.45) is 0 Å². The third-order valence-corrected chi connectivity index (χ3v) is 4.45. The summed E-state index contributed by atoms with van der Waals surface area (Å²) in [5, 5.41) is 0. The van der Waals surface area contributed by atoms with E-state index in [0.717, 1.165) is 11.1 Å². The predicted molar refractivity (Wildman–Crippen MR) is 108 cm³/mol. The summed E-state index contributed by atoms with van der Waals surface area (Å²) in [6.07, 6.45) is 0.642. The van der Waals surface area contributed by atoms with Gasteiger partial charge < -0.3 is 23.8 Å². The van der Waals surface area contributed by atoms with Gasteiger partial charge in [-0.15, -0.1) is 0 Å². The van der Waals surface area contributed by atoms with Crippen LogP contribution in [-0.2, 0) is 27.3 Å². The Hall–Kier alpha value is -3.22. The van der Waals surface area contributed by atoms with Gasteiger partial charge in [-0.1, -0.05) is 24.3 Å². The first-order valence-corrected chi connectivity index (χ1v) is 9.20. The molecule has 0 saturated heterocycles. The lowest BCUT2D eigenvalue weighted by atomic mass is 10.1. The van der Waals surface area contributed by atoms with Gasteiger partial charge in [0.25, 0.3) is 5.91 Å². The molecule has 0 saturated carbocycles. The molecule has 0 radical (unpaired) electrons. The topological polar surface area (TPSA) is 74.3 Å². The smallest absolute Gasteiger partial charge is 0.306 e. The number of rotatable bonds is 10. The number of methoxy groups -OCH3 is 3. The van der Waals surface area contributed by atoms with Crippen LogP contribution in [0.3, 0.4) is 0 Å². The standard InChI is InChI=1S/C22H27NO6/c1-23(14-17-7-5-6-8-18(17)26-2)21(24)15-29-22(25)12-10-16-9-11-19(27-3)20(13-16)28-4/h5-9,11,13H,10,12,14-15H2,1-4H3. The van der Waals surface area contributed by atoms with Crippen LogP contribution in [-0.4, -0.2) is 51.8 Å². The molecule has 2 aromatic carbocycles. The molecule has 2 rings (SSSR count). The minimum atomic E-state index is -0.432. The van der Waals surface area contributed by atoms with Crippen molar-refractivity contribution in [3.05, 3.63) is 53.6 Å².